The van der Waals surface area contributed by atoms with Gasteiger partial charge in [-0.3, -0.25) is 4.79 Å². The Bertz CT molecular complexity index is 1000. The van der Waals surface area contributed by atoms with Gasteiger partial charge in [-0.05, 0) is 35.7 Å². The highest BCUT2D eigenvalue weighted by Gasteiger charge is 2.13. The first-order valence-electron chi connectivity index (χ1n) is 8.61. The minimum Gasteiger partial charge on any atom is -0.545 e. The molecule has 8 heteroatoms. The molecule has 0 bridgehead atoms. The molecular formula is C20H19N4O3S-. The molecule has 1 amide bonds. The molecule has 1 N–H and O–H groups in total. The van der Waals surface area contributed by atoms with Gasteiger partial charge in [0.2, 0.25) is 5.91 Å². The summed E-state index contributed by atoms with van der Waals surface area (Å²) < 4.78 is 1.88. The van der Waals surface area contributed by atoms with E-state index in [0.717, 1.165) is 11.4 Å². The van der Waals surface area contributed by atoms with Crippen LogP contribution in [0.4, 0.5) is 5.69 Å². The highest BCUT2D eigenvalue weighted by molar-refractivity contribution is 7.99. The lowest BCUT2D eigenvalue weighted by Gasteiger charge is -2.10. The molecule has 0 atom stereocenters. The molecule has 1 aromatic heterocycles. The van der Waals surface area contributed by atoms with E-state index in [1.54, 1.807) is 13.0 Å². The first-order chi connectivity index (χ1) is 13.4. The molecule has 7 nitrogen and oxygen atoms in total. The van der Waals surface area contributed by atoms with Crippen molar-refractivity contribution in [1.82, 2.24) is 14.8 Å². The van der Waals surface area contributed by atoms with Gasteiger partial charge < -0.3 is 19.8 Å². The van der Waals surface area contributed by atoms with Crippen molar-refractivity contribution in [2.24, 2.45) is 7.05 Å². The fourth-order valence-electron chi connectivity index (χ4n) is 2.65. The number of aromatic nitrogens is 3. The largest absolute Gasteiger partial charge is 0.545 e. The zero-order valence-corrected chi connectivity index (χ0v) is 16.3. The molecule has 0 aliphatic carbocycles. The standard InChI is InChI=1S/C20H20N4O3S/c1-13-10-15(19(26)27)8-9-16(13)21-18(25)12-28-20-23-22-17(24(20)2)11-14-6-4-3-5-7-14/h3-10H,11-12H2,1-2H3,(H,21,25)(H,26,27)/p-1. The number of hydrogen-bond acceptors (Lipinski definition) is 6. The number of carbonyl (C=O) groups is 2. The van der Waals surface area contributed by atoms with Gasteiger partial charge in [-0.15, -0.1) is 10.2 Å². The van der Waals surface area contributed by atoms with Gasteiger partial charge in [0, 0.05) is 19.2 Å². The van der Waals surface area contributed by atoms with E-state index in [9.17, 15) is 14.7 Å². The Morgan fingerprint density at radius 2 is 1.89 bits per heavy atom. The molecule has 0 unspecified atom stereocenters. The maximum Gasteiger partial charge on any atom is 0.234 e. The van der Waals surface area contributed by atoms with E-state index >= 15 is 0 Å². The number of amides is 1. The van der Waals surface area contributed by atoms with Crippen molar-refractivity contribution < 1.29 is 14.7 Å². The molecule has 0 fully saturated rings. The minimum absolute atomic E-state index is 0.0786. The van der Waals surface area contributed by atoms with Gasteiger partial charge in [-0.2, -0.15) is 0 Å². The number of aryl methyl sites for hydroxylation is 1. The van der Waals surface area contributed by atoms with E-state index in [-0.39, 0.29) is 17.2 Å². The van der Waals surface area contributed by atoms with E-state index in [2.05, 4.69) is 15.5 Å². The van der Waals surface area contributed by atoms with Crippen LogP contribution >= 0.6 is 11.8 Å². The number of nitrogens with zero attached hydrogens (tertiary/aromatic N) is 3. The molecule has 0 aliphatic heterocycles. The maximum atomic E-state index is 12.2. The fraction of sp³-hybridized carbons (Fsp3) is 0.200. The second-order valence-electron chi connectivity index (χ2n) is 6.27. The summed E-state index contributed by atoms with van der Waals surface area (Å²) in [5.41, 5.74) is 2.44. The van der Waals surface area contributed by atoms with Gasteiger partial charge in [0.05, 0.1) is 11.7 Å². The Morgan fingerprint density at radius 1 is 1.14 bits per heavy atom. The normalized spacial score (nSPS) is 10.6. The van der Waals surface area contributed by atoms with Crippen molar-refractivity contribution in [3.63, 3.8) is 0 Å². The lowest BCUT2D eigenvalue weighted by atomic mass is 10.1. The molecule has 0 radical (unpaired) electrons. The van der Waals surface area contributed by atoms with Crippen LogP contribution in [0.3, 0.4) is 0 Å². The molecular weight excluding hydrogens is 376 g/mol. The van der Waals surface area contributed by atoms with Crippen molar-refractivity contribution in [1.29, 1.82) is 0 Å². The van der Waals surface area contributed by atoms with E-state index in [0.29, 0.717) is 22.8 Å². The third-order valence-corrected chi connectivity index (χ3v) is 5.22. The molecule has 3 aromatic rings. The lowest BCUT2D eigenvalue weighted by Crippen LogP contribution is -2.22. The molecule has 144 valence electrons. The quantitative estimate of drug-likeness (QED) is 0.613. The Balaban J connectivity index is 1.58. The number of carbonyl (C=O) groups excluding carboxylic acids is 2. The van der Waals surface area contributed by atoms with E-state index < -0.39 is 5.97 Å². The number of thioether (sulfide) groups is 1. The Hall–Kier alpha value is -3.13. The number of benzene rings is 2. The van der Waals surface area contributed by atoms with E-state index in [4.69, 9.17) is 0 Å². The van der Waals surface area contributed by atoms with Gasteiger partial charge in [-0.1, -0.05) is 48.2 Å². The van der Waals surface area contributed by atoms with Crippen LogP contribution in [0.2, 0.25) is 0 Å². The zero-order chi connectivity index (χ0) is 20.1. The third-order valence-electron chi connectivity index (χ3n) is 4.20. The number of anilines is 1. The van der Waals surface area contributed by atoms with Crippen molar-refractivity contribution in [3.8, 4) is 0 Å². The molecule has 2 aromatic carbocycles. The number of nitrogens with one attached hydrogen (secondary N) is 1. The summed E-state index contributed by atoms with van der Waals surface area (Å²) in [7, 11) is 1.88. The number of hydrogen-bond donors (Lipinski definition) is 1. The predicted molar refractivity (Wildman–Crippen MR) is 105 cm³/mol. The number of rotatable bonds is 7. The highest BCUT2D eigenvalue weighted by atomic mass is 32.2. The second-order valence-corrected chi connectivity index (χ2v) is 7.22. The van der Waals surface area contributed by atoms with E-state index in [1.807, 2.05) is 41.9 Å². The summed E-state index contributed by atoms with van der Waals surface area (Å²) in [5.74, 6) is -0.464. The molecule has 0 spiro atoms. The summed E-state index contributed by atoms with van der Waals surface area (Å²) in [5, 5.41) is 22.7. The Kier molecular flexibility index (Phi) is 6.10. The summed E-state index contributed by atoms with van der Waals surface area (Å²) in [6.07, 6.45) is 0.668. The summed E-state index contributed by atoms with van der Waals surface area (Å²) in [6, 6.07) is 14.4. The Labute approximate surface area is 166 Å². The van der Waals surface area contributed by atoms with Crippen molar-refractivity contribution >= 4 is 29.3 Å². The van der Waals surface area contributed by atoms with Gasteiger partial charge >= 0.3 is 0 Å². The van der Waals surface area contributed by atoms with Crippen LogP contribution in [0.5, 0.6) is 0 Å². The Morgan fingerprint density at radius 3 is 2.57 bits per heavy atom. The monoisotopic (exact) mass is 395 g/mol. The van der Waals surface area contributed by atoms with Gasteiger partial charge in [-0.25, -0.2) is 0 Å². The SMILES string of the molecule is Cc1cc(C(=O)[O-])ccc1NC(=O)CSc1nnc(Cc2ccccc2)n1C. The van der Waals surface area contributed by atoms with Crippen LogP contribution in [0, 0.1) is 6.92 Å². The first kappa shape index (κ1) is 19.6. The maximum absolute atomic E-state index is 12.2. The molecule has 28 heavy (non-hydrogen) atoms. The first-order valence-corrected chi connectivity index (χ1v) is 9.59. The van der Waals surface area contributed by atoms with Crippen molar-refractivity contribution in [2.75, 3.05) is 11.1 Å². The molecule has 1 heterocycles. The van der Waals surface area contributed by atoms with Crippen LogP contribution in [0.1, 0.15) is 27.3 Å². The summed E-state index contributed by atoms with van der Waals surface area (Å²) in [6.45, 7) is 1.73. The fourth-order valence-corrected chi connectivity index (χ4v) is 3.38. The van der Waals surface area contributed by atoms with Crippen LogP contribution in [-0.2, 0) is 18.3 Å². The number of aromatic carboxylic acids is 1. The molecule has 3 rings (SSSR count). The van der Waals surface area contributed by atoms with Gasteiger partial charge in [0.25, 0.3) is 0 Å². The smallest absolute Gasteiger partial charge is 0.234 e. The van der Waals surface area contributed by atoms with Crippen LogP contribution < -0.4 is 10.4 Å². The number of carboxylic acids is 1. The average molecular weight is 395 g/mol. The molecule has 0 saturated heterocycles. The lowest BCUT2D eigenvalue weighted by molar-refractivity contribution is -0.255. The van der Waals surface area contributed by atoms with Crippen molar-refractivity contribution in [3.05, 3.63) is 71.0 Å². The minimum atomic E-state index is -1.25. The summed E-state index contributed by atoms with van der Waals surface area (Å²) >= 11 is 1.29. The van der Waals surface area contributed by atoms with Crippen LogP contribution in [0.15, 0.2) is 53.7 Å². The molecule has 0 saturated carbocycles. The van der Waals surface area contributed by atoms with Crippen molar-refractivity contribution in [2.45, 2.75) is 18.5 Å². The third kappa shape index (κ3) is 4.77. The number of carboxylic acid groups (broad SMARTS) is 1. The average Bonchev–Trinajstić information content (AvgIpc) is 3.02. The van der Waals surface area contributed by atoms with Gasteiger partial charge in [0.15, 0.2) is 5.16 Å². The second kappa shape index (κ2) is 8.71. The molecule has 0 aliphatic rings. The topological polar surface area (TPSA) is 99.9 Å². The zero-order valence-electron chi connectivity index (χ0n) is 15.5. The highest BCUT2D eigenvalue weighted by Crippen LogP contribution is 2.20. The predicted octanol–water partition coefficient (Wildman–Crippen LogP) is 1.81. The van der Waals surface area contributed by atoms with Crippen LogP contribution in [0.25, 0.3) is 0 Å². The van der Waals surface area contributed by atoms with E-state index in [1.165, 1.54) is 23.9 Å². The summed E-state index contributed by atoms with van der Waals surface area (Å²) in [4.78, 5) is 23.1. The van der Waals surface area contributed by atoms with Gasteiger partial charge in [0.1, 0.15) is 5.82 Å². The van der Waals surface area contributed by atoms with Crippen LogP contribution in [-0.4, -0.2) is 32.4 Å².